The van der Waals surface area contributed by atoms with Gasteiger partial charge in [-0.3, -0.25) is 14.4 Å². The summed E-state index contributed by atoms with van der Waals surface area (Å²) >= 11 is 1.27. The maximum absolute atomic E-state index is 13.3. The Morgan fingerprint density at radius 2 is 1.88 bits per heavy atom. The number of aromatic amines is 1. The van der Waals surface area contributed by atoms with E-state index in [-0.39, 0.29) is 34.7 Å². The van der Waals surface area contributed by atoms with E-state index in [4.69, 9.17) is 0 Å². The van der Waals surface area contributed by atoms with E-state index in [1.807, 2.05) is 0 Å². The first-order valence-electron chi connectivity index (χ1n) is 9.53. The molecule has 0 aliphatic heterocycles. The second kappa shape index (κ2) is 8.79. The van der Waals surface area contributed by atoms with Crippen LogP contribution in [0.15, 0.2) is 52.6 Å². The van der Waals surface area contributed by atoms with Crippen molar-refractivity contribution in [2.24, 2.45) is 0 Å². The van der Waals surface area contributed by atoms with Gasteiger partial charge in [-0.2, -0.15) is 0 Å². The number of halogens is 2. The molecule has 0 saturated heterocycles. The summed E-state index contributed by atoms with van der Waals surface area (Å²) in [5, 5.41) is 14.5. The van der Waals surface area contributed by atoms with Crippen molar-refractivity contribution in [1.29, 1.82) is 0 Å². The average molecular weight is 470 g/mol. The zero-order valence-corrected chi connectivity index (χ0v) is 17.9. The number of H-pyrrole nitrogens is 1. The molecule has 0 atom stereocenters. The van der Waals surface area contributed by atoms with E-state index >= 15 is 0 Å². The average Bonchev–Trinajstić information content (AvgIpc) is 3.22. The molecule has 0 radical (unpaired) electrons. The molecule has 8 nitrogen and oxygen atoms in total. The smallest absolute Gasteiger partial charge is 0.268 e. The fourth-order valence-corrected chi connectivity index (χ4v) is 3.90. The fourth-order valence-electron chi connectivity index (χ4n) is 3.18. The number of aromatic nitrogens is 2. The molecule has 2 aromatic heterocycles. The summed E-state index contributed by atoms with van der Waals surface area (Å²) in [5.74, 6) is -3.27. The van der Waals surface area contributed by atoms with Crippen LogP contribution in [0, 0.1) is 11.6 Å². The topological polar surface area (TPSA) is 115 Å². The first-order valence-corrected chi connectivity index (χ1v) is 10.4. The number of fused-ring (bicyclic) bond motifs is 1. The molecule has 0 saturated carbocycles. The first kappa shape index (κ1) is 22.1. The van der Waals surface area contributed by atoms with Gasteiger partial charge in [-0.15, -0.1) is 11.3 Å². The molecular formula is C22H16F2N4O4S. The number of carbonyl (C=O) groups excluding carboxylic acids is 2. The minimum absolute atomic E-state index is 0.0110. The van der Waals surface area contributed by atoms with E-state index in [9.17, 15) is 28.3 Å². The predicted molar refractivity (Wildman–Crippen MR) is 118 cm³/mol. The summed E-state index contributed by atoms with van der Waals surface area (Å²) in [6.45, 7) is -0.0110. The number of nitrogens with one attached hydrogen (secondary N) is 2. The third-order valence-electron chi connectivity index (χ3n) is 4.71. The molecule has 0 fully saturated rings. The Morgan fingerprint density at radius 1 is 1.15 bits per heavy atom. The van der Waals surface area contributed by atoms with Gasteiger partial charge in [-0.1, -0.05) is 0 Å². The van der Waals surface area contributed by atoms with Crippen molar-refractivity contribution in [3.8, 4) is 5.75 Å². The molecule has 3 N–H and O–H groups in total. The number of hydrogen-bond acceptors (Lipinski definition) is 6. The molecule has 0 bridgehead atoms. The highest BCUT2D eigenvalue weighted by Gasteiger charge is 2.19. The Kier molecular flexibility index (Phi) is 5.88. The highest BCUT2D eigenvalue weighted by molar-refractivity contribution is 7.17. The van der Waals surface area contributed by atoms with Crippen LogP contribution >= 0.6 is 11.3 Å². The number of anilines is 1. The molecule has 2 aromatic carbocycles. The Bertz CT molecular complexity index is 1430. The zero-order valence-electron chi connectivity index (χ0n) is 17.1. The van der Waals surface area contributed by atoms with Gasteiger partial charge in [-0.25, -0.2) is 13.8 Å². The van der Waals surface area contributed by atoms with E-state index in [1.54, 1.807) is 11.4 Å². The van der Waals surface area contributed by atoms with Crippen molar-refractivity contribution in [3.05, 3.63) is 86.8 Å². The molecule has 0 aliphatic carbocycles. The minimum Gasteiger partial charge on any atom is -0.507 e. The molecule has 0 spiro atoms. The van der Waals surface area contributed by atoms with Crippen molar-refractivity contribution >= 4 is 39.1 Å². The number of phenolic OH excluding ortho intramolecular Hbond substituents is 1. The van der Waals surface area contributed by atoms with Gasteiger partial charge >= 0.3 is 0 Å². The second-order valence-corrected chi connectivity index (χ2v) is 8.07. The van der Waals surface area contributed by atoms with E-state index in [2.05, 4.69) is 15.3 Å². The number of thiophene rings is 1. The summed E-state index contributed by atoms with van der Waals surface area (Å²) in [7, 11) is 1.48. The van der Waals surface area contributed by atoms with Gasteiger partial charge in [0.05, 0.1) is 17.6 Å². The Hall–Kier alpha value is -4.12. The summed E-state index contributed by atoms with van der Waals surface area (Å²) in [6.07, 6.45) is 0. The molecule has 0 unspecified atom stereocenters. The maximum Gasteiger partial charge on any atom is 0.268 e. The van der Waals surface area contributed by atoms with Crippen molar-refractivity contribution in [3.63, 3.8) is 0 Å². The molecule has 168 valence electrons. The van der Waals surface area contributed by atoms with Crippen LogP contribution in [0.1, 0.15) is 26.5 Å². The Labute approximate surface area is 189 Å². The van der Waals surface area contributed by atoms with Gasteiger partial charge in [0.2, 0.25) is 0 Å². The van der Waals surface area contributed by atoms with Crippen LogP contribution in [-0.2, 0) is 6.54 Å². The van der Waals surface area contributed by atoms with Gasteiger partial charge in [0.1, 0.15) is 27.9 Å². The van der Waals surface area contributed by atoms with Crippen molar-refractivity contribution in [2.45, 2.75) is 6.54 Å². The van der Waals surface area contributed by atoms with Crippen molar-refractivity contribution in [2.75, 3.05) is 12.4 Å². The van der Waals surface area contributed by atoms with E-state index < -0.39 is 29.2 Å². The molecule has 2 amide bonds. The van der Waals surface area contributed by atoms with Crippen LogP contribution in [0.2, 0.25) is 0 Å². The summed E-state index contributed by atoms with van der Waals surface area (Å²) in [5.41, 5.74) is 0.0604. The third-order valence-corrected chi connectivity index (χ3v) is 5.61. The standard InChI is InChI=1S/C22H16F2N4O4S/c1-28(10-18-26-16-4-5-33-19(16)21(31)27-18)22(32)15-3-2-14(9-17(15)29)25-20(30)11-6-12(23)8-13(24)7-11/h2-9,29H,10H2,1H3,(H,25,30)(H,26,27,31). The predicted octanol–water partition coefficient (Wildman–Crippen LogP) is 3.49. The number of carbonyl (C=O) groups is 2. The van der Waals surface area contributed by atoms with Gasteiger partial charge in [-0.05, 0) is 35.7 Å². The van der Waals surface area contributed by atoms with Crippen molar-refractivity contribution in [1.82, 2.24) is 14.9 Å². The third kappa shape index (κ3) is 4.72. The van der Waals surface area contributed by atoms with Gasteiger partial charge in [0.25, 0.3) is 17.4 Å². The van der Waals surface area contributed by atoms with Crippen LogP contribution in [0.4, 0.5) is 14.5 Å². The number of phenols is 1. The van der Waals surface area contributed by atoms with Crippen LogP contribution < -0.4 is 10.9 Å². The zero-order chi connectivity index (χ0) is 23.7. The lowest BCUT2D eigenvalue weighted by Gasteiger charge is -2.17. The molecule has 0 aliphatic rings. The maximum atomic E-state index is 13.3. The monoisotopic (exact) mass is 470 g/mol. The van der Waals surface area contributed by atoms with Gasteiger partial charge < -0.3 is 20.3 Å². The number of amides is 2. The number of hydrogen-bond donors (Lipinski definition) is 3. The quantitative estimate of drug-likeness (QED) is 0.413. The highest BCUT2D eigenvalue weighted by atomic mass is 32.1. The highest BCUT2D eigenvalue weighted by Crippen LogP contribution is 2.24. The Morgan fingerprint density at radius 3 is 2.58 bits per heavy atom. The molecule has 2 heterocycles. The second-order valence-electron chi connectivity index (χ2n) is 7.15. The normalized spacial score (nSPS) is 10.9. The van der Waals surface area contributed by atoms with Gasteiger partial charge in [0, 0.05) is 30.4 Å². The lowest BCUT2D eigenvalue weighted by molar-refractivity contribution is 0.0778. The largest absolute Gasteiger partial charge is 0.507 e. The number of nitrogens with zero attached hydrogens (tertiary/aromatic N) is 2. The molecule has 4 rings (SSSR count). The Balaban J connectivity index is 1.48. The molecule has 4 aromatic rings. The minimum atomic E-state index is -0.902. The number of rotatable bonds is 5. The SMILES string of the molecule is CN(Cc1nc2ccsc2c(=O)[nH]1)C(=O)c1ccc(NC(=O)c2cc(F)cc(F)c2)cc1O. The lowest BCUT2D eigenvalue weighted by Crippen LogP contribution is -2.28. The summed E-state index contributed by atoms with van der Waals surface area (Å²) in [6, 6.07) is 7.90. The number of benzene rings is 2. The van der Waals surface area contributed by atoms with Gasteiger partial charge in [0.15, 0.2) is 0 Å². The number of aromatic hydroxyl groups is 1. The molecular weight excluding hydrogens is 454 g/mol. The van der Waals surface area contributed by atoms with E-state index in [0.717, 1.165) is 18.2 Å². The van der Waals surface area contributed by atoms with Crippen LogP contribution in [0.5, 0.6) is 5.75 Å². The fraction of sp³-hybridized carbons (Fsp3) is 0.0909. The van der Waals surface area contributed by atoms with Crippen molar-refractivity contribution < 1.29 is 23.5 Å². The van der Waals surface area contributed by atoms with Crippen LogP contribution in [0.25, 0.3) is 10.2 Å². The van der Waals surface area contributed by atoms with Crippen LogP contribution in [0.3, 0.4) is 0 Å². The first-order chi connectivity index (χ1) is 15.7. The van der Waals surface area contributed by atoms with Crippen LogP contribution in [-0.4, -0.2) is 38.8 Å². The molecule has 11 heteroatoms. The van der Waals surface area contributed by atoms with E-state index in [1.165, 1.54) is 35.4 Å². The van der Waals surface area contributed by atoms with E-state index in [0.29, 0.717) is 16.3 Å². The summed E-state index contributed by atoms with van der Waals surface area (Å²) < 4.78 is 27.1. The molecule has 33 heavy (non-hydrogen) atoms. The summed E-state index contributed by atoms with van der Waals surface area (Å²) in [4.78, 5) is 45.3. The lowest BCUT2D eigenvalue weighted by atomic mass is 10.1.